The summed E-state index contributed by atoms with van der Waals surface area (Å²) in [5.41, 5.74) is 16.1. The first-order chi connectivity index (χ1) is 21.5. The number of aromatic nitrogens is 2. The van der Waals surface area contributed by atoms with E-state index in [0.29, 0.717) is 11.8 Å². The topological polar surface area (TPSA) is 9.86 Å². The van der Waals surface area contributed by atoms with E-state index >= 15 is 0 Å². The Morgan fingerprint density at radius 3 is 1.82 bits per heavy atom. The monoisotopic (exact) mass is 572 g/mol. The van der Waals surface area contributed by atoms with Gasteiger partial charge >= 0.3 is 0 Å². The van der Waals surface area contributed by atoms with Crippen LogP contribution in [-0.2, 0) is 12.8 Å². The predicted molar refractivity (Wildman–Crippen MR) is 188 cm³/mol. The Hall–Kier alpha value is -4.56. The van der Waals surface area contributed by atoms with Crippen molar-refractivity contribution in [1.82, 2.24) is 9.13 Å². The third-order valence-electron chi connectivity index (χ3n) is 9.79. The number of hydrogen-bond acceptors (Lipinski definition) is 0. The standard InChI is InChI=1S/C42H40N2/c1-27(2)33-19-12-24-40-41(33)37-18-6-8-23-39(37)43(40)31-15-9-13-29(25-31)30-14-10-16-32(26-30)44-38-22-7-5-17-35(38)36-21-11-20-34(28(3)4)42(36)44/h7-16,19-28H,5-6,17-18H2,1-4H3. The number of rotatable bonds is 5. The Bertz CT molecular complexity index is 2130. The normalized spacial score (nSPS) is 14.2. The van der Waals surface area contributed by atoms with Crippen LogP contribution in [0.15, 0.2) is 97.1 Å². The van der Waals surface area contributed by atoms with Crippen LogP contribution in [0.4, 0.5) is 0 Å². The summed E-state index contributed by atoms with van der Waals surface area (Å²) in [6.45, 7) is 9.25. The van der Waals surface area contributed by atoms with Crippen LogP contribution in [0, 0.1) is 0 Å². The first kappa shape index (κ1) is 27.0. The fraction of sp³-hybridized carbons (Fsp3) is 0.238. The molecule has 2 aliphatic carbocycles. The molecule has 0 saturated heterocycles. The number of nitrogens with zero attached hydrogens (tertiary/aromatic N) is 2. The van der Waals surface area contributed by atoms with Crippen molar-refractivity contribution >= 4 is 34.0 Å². The van der Waals surface area contributed by atoms with Gasteiger partial charge in [0.15, 0.2) is 0 Å². The molecular weight excluding hydrogens is 532 g/mol. The van der Waals surface area contributed by atoms with E-state index in [1.165, 1.54) is 77.9 Å². The number of benzene rings is 4. The fourth-order valence-corrected chi connectivity index (χ4v) is 7.77. The summed E-state index contributed by atoms with van der Waals surface area (Å²) in [6, 6.07) is 32.0. The van der Waals surface area contributed by atoms with Gasteiger partial charge in [-0.15, -0.1) is 0 Å². The van der Waals surface area contributed by atoms with Crippen molar-refractivity contribution in [3.63, 3.8) is 0 Å². The number of hydrogen-bond donors (Lipinski definition) is 0. The highest BCUT2D eigenvalue weighted by Crippen LogP contribution is 2.40. The summed E-state index contributed by atoms with van der Waals surface area (Å²) in [7, 11) is 0. The van der Waals surface area contributed by atoms with Crippen molar-refractivity contribution in [3.05, 3.63) is 131 Å². The summed E-state index contributed by atoms with van der Waals surface area (Å²) in [4.78, 5) is 0. The number of fused-ring (bicyclic) bond motifs is 6. The Labute approximate surface area is 261 Å². The van der Waals surface area contributed by atoms with Gasteiger partial charge in [0.1, 0.15) is 0 Å². The molecule has 0 bridgehead atoms. The predicted octanol–water partition coefficient (Wildman–Crippen LogP) is 11.4. The van der Waals surface area contributed by atoms with Gasteiger partial charge in [0.05, 0.1) is 11.0 Å². The Balaban J connectivity index is 1.30. The van der Waals surface area contributed by atoms with Crippen LogP contribution in [0.5, 0.6) is 0 Å². The molecule has 2 aliphatic rings. The number of allylic oxidation sites excluding steroid dienone is 2. The van der Waals surface area contributed by atoms with Crippen LogP contribution < -0.4 is 0 Å². The van der Waals surface area contributed by atoms with Crippen LogP contribution in [-0.4, -0.2) is 9.13 Å². The molecule has 6 aromatic rings. The molecule has 2 heteroatoms. The van der Waals surface area contributed by atoms with E-state index in [0.717, 1.165) is 25.7 Å². The Morgan fingerprint density at radius 1 is 0.568 bits per heavy atom. The van der Waals surface area contributed by atoms with Crippen molar-refractivity contribution in [2.75, 3.05) is 0 Å². The van der Waals surface area contributed by atoms with E-state index in [1.807, 2.05) is 0 Å². The highest BCUT2D eigenvalue weighted by molar-refractivity contribution is 5.95. The molecule has 2 nitrogen and oxygen atoms in total. The van der Waals surface area contributed by atoms with Crippen LogP contribution in [0.2, 0.25) is 0 Å². The minimum absolute atomic E-state index is 0.449. The van der Waals surface area contributed by atoms with E-state index in [9.17, 15) is 0 Å². The van der Waals surface area contributed by atoms with Gasteiger partial charge in [-0.1, -0.05) is 94.4 Å². The van der Waals surface area contributed by atoms with Crippen LogP contribution in [0.1, 0.15) is 86.0 Å². The molecular formula is C42H40N2. The van der Waals surface area contributed by atoms with E-state index in [4.69, 9.17) is 0 Å². The average molecular weight is 573 g/mol. The van der Waals surface area contributed by atoms with Gasteiger partial charge in [0.25, 0.3) is 0 Å². The molecule has 0 spiro atoms. The second-order valence-electron chi connectivity index (χ2n) is 13.2. The third-order valence-corrected chi connectivity index (χ3v) is 9.79. The lowest BCUT2D eigenvalue weighted by atomic mass is 9.93. The SMILES string of the molecule is CC(C)c1cccc2c1c1c(n2-c2cccc(-c3cccc(-n4c5c(c6cccc(C(C)C)c64)CCC=C5)c3)c2)C=CCC1. The highest BCUT2D eigenvalue weighted by Gasteiger charge is 2.23. The van der Waals surface area contributed by atoms with E-state index < -0.39 is 0 Å². The van der Waals surface area contributed by atoms with Gasteiger partial charge in [0.2, 0.25) is 0 Å². The summed E-state index contributed by atoms with van der Waals surface area (Å²) < 4.78 is 5.02. The minimum atomic E-state index is 0.449. The average Bonchev–Trinajstić information content (AvgIpc) is 3.58. The van der Waals surface area contributed by atoms with Gasteiger partial charge in [-0.05, 0) is 113 Å². The maximum absolute atomic E-state index is 2.52. The van der Waals surface area contributed by atoms with Gasteiger partial charge in [-0.25, -0.2) is 0 Å². The molecule has 0 saturated carbocycles. The number of aryl methyl sites for hydroxylation is 2. The molecule has 0 amide bonds. The molecule has 0 atom stereocenters. The number of para-hydroxylation sites is 1. The lowest BCUT2D eigenvalue weighted by Crippen LogP contribution is -2.02. The fourth-order valence-electron chi connectivity index (χ4n) is 7.77. The zero-order chi connectivity index (χ0) is 29.9. The minimum Gasteiger partial charge on any atom is -0.310 e. The molecule has 2 heterocycles. The first-order valence-corrected chi connectivity index (χ1v) is 16.4. The van der Waals surface area contributed by atoms with Crippen molar-refractivity contribution in [2.24, 2.45) is 0 Å². The van der Waals surface area contributed by atoms with E-state index in [1.54, 1.807) is 0 Å². The molecule has 44 heavy (non-hydrogen) atoms. The summed E-state index contributed by atoms with van der Waals surface area (Å²) in [6.07, 6.45) is 13.8. The first-order valence-electron chi connectivity index (χ1n) is 16.4. The molecule has 0 fully saturated rings. The third kappa shape index (κ3) is 4.15. The summed E-state index contributed by atoms with van der Waals surface area (Å²) >= 11 is 0. The van der Waals surface area contributed by atoms with Gasteiger partial charge in [-0.3, -0.25) is 0 Å². The van der Waals surface area contributed by atoms with Gasteiger partial charge in [0, 0.05) is 33.5 Å². The largest absolute Gasteiger partial charge is 0.310 e. The maximum Gasteiger partial charge on any atom is 0.0572 e. The second kappa shape index (κ2) is 10.6. The summed E-state index contributed by atoms with van der Waals surface area (Å²) in [5, 5.41) is 2.86. The van der Waals surface area contributed by atoms with Crippen LogP contribution >= 0.6 is 0 Å². The molecule has 0 N–H and O–H groups in total. The van der Waals surface area contributed by atoms with Crippen molar-refractivity contribution in [2.45, 2.75) is 65.2 Å². The van der Waals surface area contributed by atoms with E-state index in [-0.39, 0.29) is 0 Å². The Kier molecular flexibility index (Phi) is 6.48. The van der Waals surface area contributed by atoms with E-state index in [2.05, 4.69) is 146 Å². The van der Waals surface area contributed by atoms with Crippen molar-refractivity contribution < 1.29 is 0 Å². The Morgan fingerprint density at radius 2 is 1.14 bits per heavy atom. The zero-order valence-corrected chi connectivity index (χ0v) is 26.3. The van der Waals surface area contributed by atoms with Gasteiger partial charge in [-0.2, -0.15) is 0 Å². The quantitative estimate of drug-likeness (QED) is 0.194. The van der Waals surface area contributed by atoms with Crippen molar-refractivity contribution in [1.29, 1.82) is 0 Å². The molecule has 8 rings (SSSR count). The molecule has 2 aromatic heterocycles. The molecule has 4 aromatic carbocycles. The van der Waals surface area contributed by atoms with Gasteiger partial charge < -0.3 is 9.13 Å². The second-order valence-corrected chi connectivity index (χ2v) is 13.2. The molecule has 218 valence electrons. The molecule has 0 radical (unpaired) electrons. The van der Waals surface area contributed by atoms with Crippen LogP contribution in [0.3, 0.4) is 0 Å². The van der Waals surface area contributed by atoms with Crippen molar-refractivity contribution in [3.8, 4) is 22.5 Å². The highest BCUT2D eigenvalue weighted by atomic mass is 15.0. The molecule has 0 unspecified atom stereocenters. The van der Waals surface area contributed by atoms with Crippen LogP contribution in [0.25, 0.3) is 56.5 Å². The smallest absolute Gasteiger partial charge is 0.0572 e. The lowest BCUT2D eigenvalue weighted by molar-refractivity contribution is 0.867. The zero-order valence-electron chi connectivity index (χ0n) is 26.3. The summed E-state index contributed by atoms with van der Waals surface area (Å²) in [5.74, 6) is 0.936. The molecule has 0 aliphatic heterocycles. The maximum atomic E-state index is 2.52. The lowest BCUT2D eigenvalue weighted by Gasteiger charge is -2.16.